The summed E-state index contributed by atoms with van der Waals surface area (Å²) in [6.07, 6.45) is 0. The van der Waals surface area contributed by atoms with Crippen LogP contribution in [0.5, 0.6) is 0 Å². The van der Waals surface area contributed by atoms with Gasteiger partial charge in [0.1, 0.15) is 11.3 Å². The van der Waals surface area contributed by atoms with E-state index in [0.717, 1.165) is 5.39 Å². The molecule has 0 fully saturated rings. The Morgan fingerprint density at radius 1 is 1.16 bits per heavy atom. The third-order valence-electron chi connectivity index (χ3n) is 2.78. The van der Waals surface area contributed by atoms with Crippen LogP contribution in [0, 0.1) is 6.92 Å². The molecule has 5 nitrogen and oxygen atoms in total. The lowest BCUT2D eigenvalue weighted by Gasteiger charge is -2.05. The summed E-state index contributed by atoms with van der Waals surface area (Å²) in [6.45, 7) is 4.01. The number of fused-ring (bicyclic) bond motifs is 1. The minimum atomic E-state index is -0.187. The zero-order chi connectivity index (χ0) is 13.8. The second kappa shape index (κ2) is 5.56. The molecule has 1 aromatic heterocycles. The van der Waals surface area contributed by atoms with Gasteiger partial charge < -0.3 is 15.1 Å². The third kappa shape index (κ3) is 2.93. The van der Waals surface area contributed by atoms with Crippen molar-refractivity contribution in [2.45, 2.75) is 13.8 Å². The van der Waals surface area contributed by atoms with Crippen molar-refractivity contribution in [3.05, 3.63) is 35.6 Å². The molecule has 0 aliphatic rings. The number of hydrogen-bond acceptors (Lipinski definition) is 3. The van der Waals surface area contributed by atoms with E-state index in [4.69, 9.17) is 4.42 Å². The van der Waals surface area contributed by atoms with Crippen LogP contribution in [0.15, 0.2) is 28.7 Å². The van der Waals surface area contributed by atoms with E-state index in [1.165, 1.54) is 6.92 Å². The molecule has 100 valence electrons. The number of benzene rings is 1. The molecule has 2 aromatic rings. The van der Waals surface area contributed by atoms with Gasteiger partial charge in [0.05, 0.1) is 5.56 Å². The number of furan rings is 1. The number of para-hydroxylation sites is 1. The highest BCUT2D eigenvalue weighted by Crippen LogP contribution is 2.24. The van der Waals surface area contributed by atoms with Gasteiger partial charge in [-0.25, -0.2) is 0 Å². The van der Waals surface area contributed by atoms with Gasteiger partial charge in [-0.1, -0.05) is 18.2 Å². The zero-order valence-electron chi connectivity index (χ0n) is 10.9. The number of hydrogen-bond donors (Lipinski definition) is 2. The predicted octanol–water partition coefficient (Wildman–Crippen LogP) is 1.61. The maximum absolute atomic E-state index is 12.1. The summed E-state index contributed by atoms with van der Waals surface area (Å²) in [5, 5.41) is 6.18. The Morgan fingerprint density at radius 3 is 2.58 bits per heavy atom. The van der Waals surface area contributed by atoms with Gasteiger partial charge in [-0.3, -0.25) is 9.59 Å². The fourth-order valence-corrected chi connectivity index (χ4v) is 1.95. The first kappa shape index (κ1) is 13.1. The van der Waals surface area contributed by atoms with Gasteiger partial charge in [0.15, 0.2) is 0 Å². The molecule has 2 N–H and O–H groups in total. The van der Waals surface area contributed by atoms with Crippen molar-refractivity contribution in [3.63, 3.8) is 0 Å². The Labute approximate surface area is 111 Å². The topological polar surface area (TPSA) is 71.3 Å². The molecular formula is C14H16N2O3. The SMILES string of the molecule is CC(=O)NCCNC(=O)c1c(C)oc2ccccc12. The first-order valence-corrected chi connectivity index (χ1v) is 6.10. The van der Waals surface area contributed by atoms with Crippen LogP contribution in [0.25, 0.3) is 11.0 Å². The number of carbonyl (C=O) groups excluding carboxylic acids is 2. The Kier molecular flexibility index (Phi) is 3.85. The van der Waals surface area contributed by atoms with Crippen LogP contribution in [0.1, 0.15) is 23.0 Å². The molecule has 0 aliphatic carbocycles. The summed E-state index contributed by atoms with van der Waals surface area (Å²) in [5.41, 5.74) is 1.26. The quantitative estimate of drug-likeness (QED) is 0.820. The molecule has 0 atom stereocenters. The Hall–Kier alpha value is -2.30. The average Bonchev–Trinajstić information content (AvgIpc) is 2.70. The minimum absolute atomic E-state index is 0.112. The molecule has 0 saturated heterocycles. The molecule has 1 aromatic carbocycles. The number of carbonyl (C=O) groups is 2. The van der Waals surface area contributed by atoms with E-state index >= 15 is 0 Å². The van der Waals surface area contributed by atoms with E-state index in [1.54, 1.807) is 6.92 Å². The van der Waals surface area contributed by atoms with Crippen molar-refractivity contribution >= 4 is 22.8 Å². The molecule has 0 aliphatic heterocycles. The number of amides is 2. The number of rotatable bonds is 4. The largest absolute Gasteiger partial charge is 0.461 e. The fourth-order valence-electron chi connectivity index (χ4n) is 1.95. The normalized spacial score (nSPS) is 10.4. The molecule has 1 heterocycles. The first-order chi connectivity index (χ1) is 9.09. The Bertz CT molecular complexity index is 616. The summed E-state index contributed by atoms with van der Waals surface area (Å²) in [7, 11) is 0. The van der Waals surface area contributed by atoms with Crippen LogP contribution in [0.4, 0.5) is 0 Å². The van der Waals surface area contributed by atoms with E-state index < -0.39 is 0 Å². The average molecular weight is 260 g/mol. The summed E-state index contributed by atoms with van der Waals surface area (Å²) in [4.78, 5) is 22.8. The van der Waals surface area contributed by atoms with Gasteiger partial charge in [0, 0.05) is 25.4 Å². The molecule has 2 amide bonds. The summed E-state index contributed by atoms with van der Waals surface area (Å²) in [6, 6.07) is 7.42. The number of aryl methyl sites for hydroxylation is 1. The van der Waals surface area contributed by atoms with Crippen molar-refractivity contribution in [1.29, 1.82) is 0 Å². The van der Waals surface area contributed by atoms with Crippen molar-refractivity contribution in [2.24, 2.45) is 0 Å². The summed E-state index contributed by atoms with van der Waals surface area (Å²) in [5.74, 6) is 0.296. The maximum atomic E-state index is 12.1. The second-order valence-electron chi connectivity index (χ2n) is 4.27. The van der Waals surface area contributed by atoms with Crippen LogP contribution in [-0.4, -0.2) is 24.9 Å². The van der Waals surface area contributed by atoms with Gasteiger partial charge in [0.2, 0.25) is 5.91 Å². The Balaban J connectivity index is 2.09. The lowest BCUT2D eigenvalue weighted by molar-refractivity contribution is -0.118. The first-order valence-electron chi connectivity index (χ1n) is 6.10. The lowest BCUT2D eigenvalue weighted by atomic mass is 10.1. The molecule has 0 spiro atoms. The van der Waals surface area contributed by atoms with E-state index in [0.29, 0.717) is 30.0 Å². The standard InChI is InChI=1S/C14H16N2O3/c1-9-13(11-5-3-4-6-12(11)19-9)14(18)16-8-7-15-10(2)17/h3-6H,7-8H2,1-2H3,(H,15,17)(H,16,18). The van der Waals surface area contributed by atoms with E-state index in [2.05, 4.69) is 10.6 Å². The molecule has 0 bridgehead atoms. The molecule has 0 radical (unpaired) electrons. The van der Waals surface area contributed by atoms with Crippen molar-refractivity contribution < 1.29 is 14.0 Å². The van der Waals surface area contributed by atoms with Crippen LogP contribution in [0.3, 0.4) is 0 Å². The molecule has 5 heteroatoms. The molecule has 0 unspecified atom stereocenters. The van der Waals surface area contributed by atoms with Gasteiger partial charge in [-0.15, -0.1) is 0 Å². The van der Waals surface area contributed by atoms with Gasteiger partial charge in [-0.05, 0) is 13.0 Å². The number of nitrogens with one attached hydrogen (secondary N) is 2. The van der Waals surface area contributed by atoms with Crippen molar-refractivity contribution in [1.82, 2.24) is 10.6 Å². The maximum Gasteiger partial charge on any atom is 0.255 e. The predicted molar refractivity (Wildman–Crippen MR) is 72.0 cm³/mol. The molecule has 19 heavy (non-hydrogen) atoms. The van der Waals surface area contributed by atoms with Crippen LogP contribution >= 0.6 is 0 Å². The van der Waals surface area contributed by atoms with Gasteiger partial charge in [-0.2, -0.15) is 0 Å². The second-order valence-corrected chi connectivity index (χ2v) is 4.27. The molecule has 0 saturated carbocycles. The van der Waals surface area contributed by atoms with Crippen LogP contribution in [0.2, 0.25) is 0 Å². The monoisotopic (exact) mass is 260 g/mol. The summed E-state index contributed by atoms with van der Waals surface area (Å²) >= 11 is 0. The molecular weight excluding hydrogens is 244 g/mol. The van der Waals surface area contributed by atoms with Crippen LogP contribution < -0.4 is 10.6 Å². The van der Waals surface area contributed by atoms with E-state index in [1.807, 2.05) is 24.3 Å². The fraction of sp³-hybridized carbons (Fsp3) is 0.286. The highest BCUT2D eigenvalue weighted by atomic mass is 16.3. The minimum Gasteiger partial charge on any atom is -0.461 e. The molecule has 2 rings (SSSR count). The van der Waals surface area contributed by atoms with Crippen molar-refractivity contribution in [2.75, 3.05) is 13.1 Å². The van der Waals surface area contributed by atoms with E-state index in [-0.39, 0.29) is 11.8 Å². The van der Waals surface area contributed by atoms with Crippen molar-refractivity contribution in [3.8, 4) is 0 Å². The van der Waals surface area contributed by atoms with Crippen LogP contribution in [-0.2, 0) is 4.79 Å². The zero-order valence-corrected chi connectivity index (χ0v) is 10.9. The highest BCUT2D eigenvalue weighted by molar-refractivity contribution is 6.07. The summed E-state index contributed by atoms with van der Waals surface area (Å²) < 4.78 is 5.53. The Morgan fingerprint density at radius 2 is 1.84 bits per heavy atom. The van der Waals surface area contributed by atoms with Gasteiger partial charge in [0.25, 0.3) is 5.91 Å². The smallest absolute Gasteiger partial charge is 0.255 e. The highest BCUT2D eigenvalue weighted by Gasteiger charge is 2.17. The van der Waals surface area contributed by atoms with E-state index in [9.17, 15) is 9.59 Å². The van der Waals surface area contributed by atoms with Gasteiger partial charge >= 0.3 is 0 Å². The lowest BCUT2D eigenvalue weighted by Crippen LogP contribution is -2.33. The third-order valence-corrected chi connectivity index (χ3v) is 2.78.